The second-order valence-corrected chi connectivity index (χ2v) is 8.35. The van der Waals surface area contributed by atoms with Crippen molar-refractivity contribution in [3.8, 4) is 11.3 Å². The third-order valence-electron chi connectivity index (χ3n) is 5.43. The quantitative estimate of drug-likeness (QED) is 0.513. The number of carbonyl (C=O) groups excluding carboxylic acids is 1. The summed E-state index contributed by atoms with van der Waals surface area (Å²) >= 11 is 0. The van der Waals surface area contributed by atoms with E-state index in [4.69, 9.17) is 4.98 Å². The predicted molar refractivity (Wildman–Crippen MR) is 120 cm³/mol. The zero-order valence-electron chi connectivity index (χ0n) is 18.7. The highest BCUT2D eigenvalue weighted by Gasteiger charge is 2.32. The van der Waals surface area contributed by atoms with Gasteiger partial charge in [-0.05, 0) is 69.4 Å². The summed E-state index contributed by atoms with van der Waals surface area (Å²) in [6, 6.07) is 8.39. The van der Waals surface area contributed by atoms with Gasteiger partial charge in [0.2, 0.25) is 0 Å². The SMILES string of the molecule is CCC=Nc1cc(-c2ccc(C(C)(C)C(=O)C(C)C)c(C)c2)nc(CC)c1C. The Bertz CT molecular complexity index is 892. The van der Waals surface area contributed by atoms with E-state index in [1.807, 2.05) is 33.9 Å². The average molecular weight is 379 g/mol. The van der Waals surface area contributed by atoms with Crippen LogP contribution in [-0.4, -0.2) is 17.0 Å². The summed E-state index contributed by atoms with van der Waals surface area (Å²) in [6.07, 6.45) is 3.73. The monoisotopic (exact) mass is 378 g/mol. The van der Waals surface area contributed by atoms with Crippen molar-refractivity contribution in [1.29, 1.82) is 0 Å². The molecule has 0 N–H and O–H groups in total. The first-order chi connectivity index (χ1) is 13.1. The Kier molecular flexibility index (Phi) is 6.92. The molecule has 0 fully saturated rings. The molecule has 0 aliphatic heterocycles. The van der Waals surface area contributed by atoms with Crippen molar-refractivity contribution in [2.45, 2.75) is 73.6 Å². The van der Waals surface area contributed by atoms with E-state index >= 15 is 0 Å². The fourth-order valence-electron chi connectivity index (χ4n) is 3.84. The summed E-state index contributed by atoms with van der Waals surface area (Å²) < 4.78 is 0. The van der Waals surface area contributed by atoms with Crippen molar-refractivity contribution >= 4 is 17.7 Å². The van der Waals surface area contributed by atoms with Gasteiger partial charge in [0.1, 0.15) is 5.78 Å². The number of nitrogens with zero attached hydrogens (tertiary/aromatic N) is 2. The summed E-state index contributed by atoms with van der Waals surface area (Å²) in [5.74, 6) is 0.278. The number of hydrogen-bond donors (Lipinski definition) is 0. The molecule has 0 amide bonds. The van der Waals surface area contributed by atoms with Gasteiger partial charge in [-0.1, -0.05) is 39.8 Å². The van der Waals surface area contributed by atoms with Crippen molar-refractivity contribution in [3.05, 3.63) is 46.6 Å². The van der Waals surface area contributed by atoms with Crippen LogP contribution in [0, 0.1) is 19.8 Å². The predicted octanol–water partition coefficient (Wildman–Crippen LogP) is 6.54. The van der Waals surface area contributed by atoms with Crippen LogP contribution in [0.1, 0.15) is 70.3 Å². The van der Waals surface area contributed by atoms with E-state index in [1.54, 1.807) is 0 Å². The molecule has 1 heterocycles. The van der Waals surface area contributed by atoms with E-state index in [0.29, 0.717) is 0 Å². The second-order valence-electron chi connectivity index (χ2n) is 8.35. The molecular formula is C25H34N2O. The Morgan fingerprint density at radius 2 is 1.86 bits per heavy atom. The number of aliphatic imine (C=N–C) groups is 1. The first-order valence-corrected chi connectivity index (χ1v) is 10.3. The highest BCUT2D eigenvalue weighted by molar-refractivity contribution is 5.91. The third-order valence-corrected chi connectivity index (χ3v) is 5.43. The lowest BCUT2D eigenvalue weighted by atomic mass is 9.74. The van der Waals surface area contributed by atoms with Crippen LogP contribution >= 0.6 is 0 Å². The molecule has 0 aliphatic carbocycles. The Labute approximate surface area is 170 Å². The maximum absolute atomic E-state index is 12.7. The van der Waals surface area contributed by atoms with Gasteiger partial charge in [0.05, 0.1) is 11.4 Å². The van der Waals surface area contributed by atoms with E-state index in [0.717, 1.165) is 52.2 Å². The minimum atomic E-state index is -0.497. The lowest BCUT2D eigenvalue weighted by Crippen LogP contribution is -2.33. The highest BCUT2D eigenvalue weighted by atomic mass is 16.1. The molecule has 2 rings (SSSR count). The van der Waals surface area contributed by atoms with Crippen LogP contribution in [-0.2, 0) is 16.6 Å². The molecule has 1 aromatic carbocycles. The first kappa shape index (κ1) is 22.0. The number of aromatic nitrogens is 1. The van der Waals surface area contributed by atoms with Gasteiger partial charge in [-0.3, -0.25) is 14.8 Å². The van der Waals surface area contributed by atoms with Gasteiger partial charge in [-0.15, -0.1) is 0 Å². The van der Waals surface area contributed by atoms with Crippen LogP contribution in [0.5, 0.6) is 0 Å². The molecule has 0 radical (unpaired) electrons. The molecule has 3 nitrogen and oxygen atoms in total. The minimum absolute atomic E-state index is 0.0129. The Morgan fingerprint density at radius 1 is 1.18 bits per heavy atom. The van der Waals surface area contributed by atoms with Gasteiger partial charge in [0, 0.05) is 28.8 Å². The van der Waals surface area contributed by atoms with Gasteiger partial charge in [0.15, 0.2) is 0 Å². The van der Waals surface area contributed by atoms with Crippen LogP contribution in [0.25, 0.3) is 11.3 Å². The maximum atomic E-state index is 12.7. The Hall–Kier alpha value is -2.29. The summed E-state index contributed by atoms with van der Waals surface area (Å²) in [5, 5.41) is 0. The van der Waals surface area contributed by atoms with Crippen molar-refractivity contribution in [2.24, 2.45) is 10.9 Å². The standard InChI is InChI=1S/C25H34N2O/c1-9-13-26-22-15-23(27-21(10-2)18(22)6)19-11-12-20(17(5)14-19)25(7,8)24(28)16(3)4/h11-16H,9-10H2,1-8H3. The smallest absolute Gasteiger partial charge is 0.145 e. The van der Waals surface area contributed by atoms with E-state index in [1.165, 1.54) is 0 Å². The lowest BCUT2D eigenvalue weighted by molar-refractivity contribution is -0.126. The molecular weight excluding hydrogens is 344 g/mol. The number of Topliss-reactive ketones (excluding diaryl/α,β-unsaturated/α-hetero) is 1. The van der Waals surface area contributed by atoms with Crippen molar-refractivity contribution < 1.29 is 4.79 Å². The minimum Gasteiger partial charge on any atom is -0.298 e. The lowest BCUT2D eigenvalue weighted by Gasteiger charge is -2.28. The number of rotatable bonds is 7. The summed E-state index contributed by atoms with van der Waals surface area (Å²) in [7, 11) is 0. The molecule has 0 spiro atoms. The van der Waals surface area contributed by atoms with Crippen LogP contribution in [0.3, 0.4) is 0 Å². The number of benzene rings is 1. The molecule has 2 aromatic rings. The molecule has 0 bridgehead atoms. The topological polar surface area (TPSA) is 42.3 Å². The van der Waals surface area contributed by atoms with Crippen molar-refractivity contribution in [1.82, 2.24) is 4.98 Å². The number of ketones is 1. The van der Waals surface area contributed by atoms with Crippen LogP contribution < -0.4 is 0 Å². The van der Waals surface area contributed by atoms with Crippen molar-refractivity contribution in [2.75, 3.05) is 0 Å². The number of pyridine rings is 1. The normalized spacial score (nSPS) is 12.2. The summed E-state index contributed by atoms with van der Waals surface area (Å²) in [4.78, 5) is 22.2. The highest BCUT2D eigenvalue weighted by Crippen LogP contribution is 2.34. The Balaban J connectivity index is 2.54. The third kappa shape index (κ3) is 4.40. The number of carbonyl (C=O) groups is 1. The first-order valence-electron chi connectivity index (χ1n) is 10.3. The molecule has 0 unspecified atom stereocenters. The molecule has 0 atom stereocenters. The zero-order valence-corrected chi connectivity index (χ0v) is 18.7. The molecule has 0 saturated heterocycles. The maximum Gasteiger partial charge on any atom is 0.145 e. The van der Waals surface area contributed by atoms with Gasteiger partial charge >= 0.3 is 0 Å². The molecule has 3 heteroatoms. The van der Waals surface area contributed by atoms with Gasteiger partial charge in [0.25, 0.3) is 0 Å². The number of hydrogen-bond acceptors (Lipinski definition) is 3. The van der Waals surface area contributed by atoms with E-state index in [9.17, 15) is 4.79 Å². The van der Waals surface area contributed by atoms with E-state index < -0.39 is 5.41 Å². The molecule has 28 heavy (non-hydrogen) atoms. The van der Waals surface area contributed by atoms with Gasteiger partial charge < -0.3 is 0 Å². The van der Waals surface area contributed by atoms with Crippen LogP contribution in [0.15, 0.2) is 29.3 Å². The van der Waals surface area contributed by atoms with Gasteiger partial charge in [-0.25, -0.2) is 0 Å². The zero-order chi connectivity index (χ0) is 21.1. The average Bonchev–Trinajstić information content (AvgIpc) is 2.66. The van der Waals surface area contributed by atoms with Crippen molar-refractivity contribution in [3.63, 3.8) is 0 Å². The largest absolute Gasteiger partial charge is 0.298 e. The van der Waals surface area contributed by atoms with Crippen LogP contribution in [0.4, 0.5) is 5.69 Å². The molecule has 1 aromatic heterocycles. The summed E-state index contributed by atoms with van der Waals surface area (Å²) in [5.41, 5.74) is 6.93. The second kappa shape index (κ2) is 8.81. The van der Waals surface area contributed by atoms with Gasteiger partial charge in [-0.2, -0.15) is 0 Å². The molecule has 150 valence electrons. The van der Waals surface area contributed by atoms with E-state index in [-0.39, 0.29) is 11.7 Å². The fraction of sp³-hybridized carbons (Fsp3) is 0.480. The fourth-order valence-corrected chi connectivity index (χ4v) is 3.84. The van der Waals surface area contributed by atoms with Crippen LogP contribution in [0.2, 0.25) is 0 Å². The number of aryl methyl sites for hydroxylation is 2. The molecule has 0 aliphatic rings. The van der Waals surface area contributed by atoms with E-state index in [2.05, 4.69) is 57.0 Å². The Morgan fingerprint density at radius 3 is 2.39 bits per heavy atom. The molecule has 0 saturated carbocycles. The summed E-state index contributed by atoms with van der Waals surface area (Å²) in [6.45, 7) is 16.4.